The zero-order chi connectivity index (χ0) is 15.1. The smallest absolute Gasteiger partial charge is 0.135 e. The number of carboxylic acid groups (broad SMARTS) is 1. The van der Waals surface area contributed by atoms with Crippen molar-refractivity contribution in [1.29, 1.82) is 0 Å². The summed E-state index contributed by atoms with van der Waals surface area (Å²) in [5.41, 5.74) is 2.62. The number of benzene rings is 1. The summed E-state index contributed by atoms with van der Waals surface area (Å²) in [4.78, 5) is 12.9. The SMILES string of the molecule is CN1CCc2c(Cl)ccc3oc(/C=C(\Cl)C(=O)[O-])c(c23)C1. The fourth-order valence-corrected chi connectivity index (χ4v) is 3.01. The number of furan rings is 1. The zero-order valence-electron chi connectivity index (χ0n) is 11.3. The number of nitrogens with zero attached hydrogens (tertiary/aromatic N) is 1. The van der Waals surface area contributed by atoms with E-state index in [9.17, 15) is 9.90 Å². The number of carbonyl (C=O) groups excluding carboxylic acids is 1. The molecule has 1 aliphatic heterocycles. The van der Waals surface area contributed by atoms with Crippen LogP contribution in [0.2, 0.25) is 5.02 Å². The molecule has 0 saturated heterocycles. The van der Waals surface area contributed by atoms with E-state index in [2.05, 4.69) is 4.90 Å². The van der Waals surface area contributed by atoms with Gasteiger partial charge < -0.3 is 19.2 Å². The molecule has 0 atom stereocenters. The molecule has 0 amide bonds. The van der Waals surface area contributed by atoms with Gasteiger partial charge in [0, 0.05) is 35.1 Å². The number of halogens is 2. The van der Waals surface area contributed by atoms with Gasteiger partial charge in [0.15, 0.2) is 0 Å². The third-order valence-corrected chi connectivity index (χ3v) is 4.28. The molecule has 0 radical (unpaired) electrons. The molecule has 0 aliphatic carbocycles. The van der Waals surface area contributed by atoms with Crippen molar-refractivity contribution in [3.05, 3.63) is 39.1 Å². The van der Waals surface area contributed by atoms with Gasteiger partial charge in [0.1, 0.15) is 11.3 Å². The highest BCUT2D eigenvalue weighted by molar-refractivity contribution is 6.42. The second-order valence-corrected chi connectivity index (χ2v) is 5.93. The number of carboxylic acids is 1. The molecular formula is C15H12Cl2NO3-. The molecule has 0 N–H and O–H groups in total. The van der Waals surface area contributed by atoms with E-state index in [0.717, 1.165) is 29.5 Å². The lowest BCUT2D eigenvalue weighted by molar-refractivity contribution is -0.298. The van der Waals surface area contributed by atoms with Crippen molar-refractivity contribution in [3.63, 3.8) is 0 Å². The van der Waals surface area contributed by atoms with Gasteiger partial charge in [-0.3, -0.25) is 0 Å². The molecule has 1 aliphatic rings. The first-order chi connectivity index (χ1) is 9.97. The summed E-state index contributed by atoms with van der Waals surface area (Å²) in [6.45, 7) is 1.51. The van der Waals surface area contributed by atoms with Crippen LogP contribution in [0.4, 0.5) is 0 Å². The minimum absolute atomic E-state index is 0.384. The predicted molar refractivity (Wildman–Crippen MR) is 80.1 cm³/mol. The maximum Gasteiger partial charge on any atom is 0.135 e. The van der Waals surface area contributed by atoms with Gasteiger partial charge in [-0.05, 0) is 31.2 Å². The predicted octanol–water partition coefficient (Wildman–Crippen LogP) is 2.40. The Kier molecular flexibility index (Phi) is 3.69. The van der Waals surface area contributed by atoms with Crippen LogP contribution in [-0.2, 0) is 17.8 Å². The molecule has 4 nitrogen and oxygen atoms in total. The summed E-state index contributed by atoms with van der Waals surface area (Å²) in [6.07, 6.45) is 2.11. The normalized spacial score (nSPS) is 16.2. The summed E-state index contributed by atoms with van der Waals surface area (Å²) < 4.78 is 5.75. The van der Waals surface area contributed by atoms with E-state index >= 15 is 0 Å². The van der Waals surface area contributed by atoms with Crippen LogP contribution in [0.1, 0.15) is 16.9 Å². The lowest BCUT2D eigenvalue weighted by atomic mass is 10.0. The maximum absolute atomic E-state index is 10.8. The summed E-state index contributed by atoms with van der Waals surface area (Å²) in [7, 11) is 1.99. The van der Waals surface area contributed by atoms with Crippen molar-refractivity contribution in [1.82, 2.24) is 4.90 Å². The van der Waals surface area contributed by atoms with E-state index in [-0.39, 0.29) is 5.03 Å². The fraction of sp³-hybridized carbons (Fsp3) is 0.267. The van der Waals surface area contributed by atoms with Gasteiger partial charge >= 0.3 is 0 Å². The van der Waals surface area contributed by atoms with E-state index in [0.29, 0.717) is 22.9 Å². The van der Waals surface area contributed by atoms with Crippen LogP contribution < -0.4 is 5.11 Å². The summed E-state index contributed by atoms with van der Waals surface area (Å²) in [5, 5.41) is 12.1. The fourth-order valence-electron chi connectivity index (χ4n) is 2.66. The van der Waals surface area contributed by atoms with Crippen LogP contribution >= 0.6 is 23.2 Å². The lowest BCUT2D eigenvalue weighted by Crippen LogP contribution is -2.22. The van der Waals surface area contributed by atoms with Crippen LogP contribution in [0, 0.1) is 0 Å². The van der Waals surface area contributed by atoms with Crippen LogP contribution in [0.15, 0.2) is 21.6 Å². The van der Waals surface area contributed by atoms with Gasteiger partial charge in [0.05, 0.1) is 11.0 Å². The Morgan fingerprint density at radius 1 is 1.43 bits per heavy atom. The third-order valence-electron chi connectivity index (χ3n) is 3.66. The van der Waals surface area contributed by atoms with Crippen molar-refractivity contribution < 1.29 is 14.3 Å². The number of hydrogen-bond acceptors (Lipinski definition) is 4. The highest BCUT2D eigenvalue weighted by Gasteiger charge is 2.22. The molecule has 0 spiro atoms. The van der Waals surface area contributed by atoms with Crippen molar-refractivity contribution in [2.24, 2.45) is 0 Å². The highest BCUT2D eigenvalue weighted by Crippen LogP contribution is 2.37. The maximum atomic E-state index is 10.8. The third kappa shape index (κ3) is 2.55. The van der Waals surface area contributed by atoms with Crippen molar-refractivity contribution in [3.8, 4) is 0 Å². The van der Waals surface area contributed by atoms with Crippen LogP contribution in [-0.4, -0.2) is 24.5 Å². The molecule has 0 saturated carbocycles. The van der Waals surface area contributed by atoms with Gasteiger partial charge in [-0.25, -0.2) is 0 Å². The zero-order valence-corrected chi connectivity index (χ0v) is 12.8. The van der Waals surface area contributed by atoms with E-state index in [1.165, 1.54) is 6.08 Å². The second kappa shape index (κ2) is 5.37. The monoisotopic (exact) mass is 324 g/mol. The Bertz CT molecular complexity index is 764. The Hall–Kier alpha value is -1.49. The molecule has 3 rings (SSSR count). The standard InChI is InChI=1S/C15H13Cl2NO3/c1-18-5-4-8-10(16)2-3-12-14(8)9(7-18)13(21-12)6-11(17)15(19)20/h2-3,6H,4-5,7H2,1H3,(H,19,20)/p-1/b11-6-. The van der Waals surface area contributed by atoms with Gasteiger partial charge in [-0.15, -0.1) is 0 Å². The van der Waals surface area contributed by atoms with E-state index in [1.807, 2.05) is 7.05 Å². The Morgan fingerprint density at radius 3 is 2.90 bits per heavy atom. The van der Waals surface area contributed by atoms with Crippen LogP contribution in [0.25, 0.3) is 17.0 Å². The summed E-state index contributed by atoms with van der Waals surface area (Å²) in [6, 6.07) is 3.59. The quantitative estimate of drug-likeness (QED) is 0.796. The number of carbonyl (C=O) groups is 1. The first-order valence-corrected chi connectivity index (χ1v) is 7.23. The summed E-state index contributed by atoms with van der Waals surface area (Å²) >= 11 is 12.0. The van der Waals surface area contributed by atoms with Crippen molar-refractivity contribution in [2.75, 3.05) is 13.6 Å². The Labute approximate surface area is 131 Å². The molecule has 0 fully saturated rings. The highest BCUT2D eigenvalue weighted by atomic mass is 35.5. The number of hydrogen-bond donors (Lipinski definition) is 0. The van der Waals surface area contributed by atoms with Gasteiger partial charge in [0.25, 0.3) is 0 Å². The van der Waals surface area contributed by atoms with Gasteiger partial charge in [-0.1, -0.05) is 23.2 Å². The Balaban J connectivity index is 2.28. The molecule has 110 valence electrons. The average Bonchev–Trinajstić information content (AvgIpc) is 2.64. The summed E-state index contributed by atoms with van der Waals surface area (Å²) in [5.74, 6) is -0.985. The number of likely N-dealkylation sites (N-methyl/N-ethyl adjacent to an activating group) is 1. The number of aliphatic carboxylic acids is 1. The molecular weight excluding hydrogens is 313 g/mol. The van der Waals surface area contributed by atoms with Crippen molar-refractivity contribution >= 4 is 46.2 Å². The van der Waals surface area contributed by atoms with Crippen LogP contribution in [0.3, 0.4) is 0 Å². The van der Waals surface area contributed by atoms with Gasteiger partial charge in [-0.2, -0.15) is 0 Å². The molecule has 0 bridgehead atoms. The minimum atomic E-state index is -1.43. The van der Waals surface area contributed by atoms with Crippen molar-refractivity contribution in [2.45, 2.75) is 13.0 Å². The molecule has 2 heterocycles. The molecule has 0 unspecified atom stereocenters. The van der Waals surface area contributed by atoms with Gasteiger partial charge in [0.2, 0.25) is 0 Å². The van der Waals surface area contributed by atoms with E-state index < -0.39 is 5.97 Å². The first-order valence-electron chi connectivity index (χ1n) is 6.47. The largest absolute Gasteiger partial charge is 0.544 e. The molecule has 2 aromatic rings. The topological polar surface area (TPSA) is 56.5 Å². The molecule has 1 aromatic heterocycles. The minimum Gasteiger partial charge on any atom is -0.544 e. The second-order valence-electron chi connectivity index (χ2n) is 5.11. The van der Waals surface area contributed by atoms with E-state index in [4.69, 9.17) is 27.6 Å². The molecule has 1 aromatic carbocycles. The lowest BCUT2D eigenvalue weighted by Gasteiger charge is -2.13. The molecule has 6 heteroatoms. The molecule has 21 heavy (non-hydrogen) atoms. The van der Waals surface area contributed by atoms with Crippen LogP contribution in [0.5, 0.6) is 0 Å². The Morgan fingerprint density at radius 2 is 2.19 bits per heavy atom. The van der Waals surface area contributed by atoms with E-state index in [1.54, 1.807) is 12.1 Å². The first kappa shape index (κ1) is 14.4. The average molecular weight is 325 g/mol. The number of rotatable bonds is 2.